The Morgan fingerprint density at radius 1 is 1.38 bits per heavy atom. The van der Waals surface area contributed by atoms with Crippen molar-refractivity contribution in [1.29, 1.82) is 0 Å². The van der Waals surface area contributed by atoms with Gasteiger partial charge in [-0.2, -0.15) is 0 Å². The van der Waals surface area contributed by atoms with E-state index in [9.17, 15) is 4.79 Å². The van der Waals surface area contributed by atoms with Crippen LogP contribution in [0, 0.1) is 17.3 Å². The molecule has 2 fully saturated rings. The first-order chi connectivity index (χ1) is 9.98. The van der Waals surface area contributed by atoms with E-state index in [1.807, 2.05) is 0 Å². The molecule has 4 heteroatoms. The van der Waals surface area contributed by atoms with Gasteiger partial charge in [0.1, 0.15) is 5.54 Å². The topological polar surface area (TPSA) is 64.3 Å². The van der Waals surface area contributed by atoms with E-state index in [1.165, 1.54) is 0 Å². The van der Waals surface area contributed by atoms with Gasteiger partial charge in [-0.05, 0) is 38.0 Å². The second-order valence-electron chi connectivity index (χ2n) is 7.49. The lowest BCUT2D eigenvalue weighted by molar-refractivity contribution is -0.225. The van der Waals surface area contributed by atoms with Crippen LogP contribution in [0.25, 0.3) is 0 Å². The molecule has 1 heterocycles. The quantitative estimate of drug-likeness (QED) is 0.782. The molecule has 0 aromatic heterocycles. The molecule has 1 saturated carbocycles. The number of ether oxygens (including phenoxy) is 1. The third-order valence-corrected chi connectivity index (χ3v) is 5.99. The normalized spacial score (nSPS) is 41.0. The molecule has 1 saturated heterocycles. The van der Waals surface area contributed by atoms with Crippen molar-refractivity contribution in [2.75, 3.05) is 13.2 Å². The first-order valence-electron chi connectivity index (χ1n) is 8.31. The summed E-state index contributed by atoms with van der Waals surface area (Å²) in [5.74, 6) is 0.755. The number of rotatable bonds is 3. The van der Waals surface area contributed by atoms with E-state index in [0.29, 0.717) is 5.92 Å². The smallest absolute Gasteiger partial charge is 0.241 e. The number of nitrogens with one attached hydrogen (secondary N) is 1. The fourth-order valence-corrected chi connectivity index (χ4v) is 4.46. The van der Waals surface area contributed by atoms with Gasteiger partial charge in [0.25, 0.3) is 0 Å². The van der Waals surface area contributed by atoms with Crippen molar-refractivity contribution in [3.63, 3.8) is 0 Å². The molecule has 0 radical (unpaired) electrons. The van der Waals surface area contributed by atoms with E-state index in [4.69, 9.17) is 10.5 Å². The fourth-order valence-electron chi connectivity index (χ4n) is 4.46. The van der Waals surface area contributed by atoms with Crippen LogP contribution in [-0.4, -0.2) is 30.7 Å². The Balaban J connectivity index is 1.64. The van der Waals surface area contributed by atoms with Crippen molar-refractivity contribution in [3.8, 4) is 0 Å². The third kappa shape index (κ3) is 2.23. The summed E-state index contributed by atoms with van der Waals surface area (Å²) >= 11 is 0. The zero-order chi connectivity index (χ0) is 15.1. The molecular formula is C17H28N2O2. The Labute approximate surface area is 127 Å². The van der Waals surface area contributed by atoms with Crippen LogP contribution in [-0.2, 0) is 9.53 Å². The van der Waals surface area contributed by atoms with Crippen LogP contribution in [0.4, 0.5) is 0 Å². The Kier molecular flexibility index (Phi) is 3.87. The van der Waals surface area contributed by atoms with Crippen molar-refractivity contribution in [1.82, 2.24) is 5.32 Å². The highest BCUT2D eigenvalue weighted by Crippen LogP contribution is 2.57. The number of fused-ring (bicyclic) bond motifs is 1. The summed E-state index contributed by atoms with van der Waals surface area (Å²) in [7, 11) is 0. The minimum atomic E-state index is -0.775. The number of nitrogens with two attached hydrogens (primary N) is 1. The van der Waals surface area contributed by atoms with Gasteiger partial charge >= 0.3 is 0 Å². The second kappa shape index (κ2) is 5.40. The zero-order valence-electron chi connectivity index (χ0n) is 13.2. The molecule has 3 N–H and O–H groups in total. The van der Waals surface area contributed by atoms with E-state index < -0.39 is 5.54 Å². The highest BCUT2D eigenvalue weighted by molar-refractivity contribution is 5.89. The lowest BCUT2D eigenvalue weighted by atomic mass is 9.46. The van der Waals surface area contributed by atoms with Gasteiger partial charge in [0.15, 0.2) is 0 Å². The average molecular weight is 292 g/mol. The monoisotopic (exact) mass is 292 g/mol. The van der Waals surface area contributed by atoms with Crippen molar-refractivity contribution in [2.45, 2.75) is 57.6 Å². The molecule has 118 valence electrons. The van der Waals surface area contributed by atoms with E-state index in [1.54, 1.807) is 0 Å². The molecule has 2 aliphatic carbocycles. The summed E-state index contributed by atoms with van der Waals surface area (Å²) < 4.78 is 5.86. The molecule has 3 aliphatic rings. The molecule has 0 spiro atoms. The minimum Gasteiger partial charge on any atom is -0.377 e. The Morgan fingerprint density at radius 3 is 2.90 bits per heavy atom. The van der Waals surface area contributed by atoms with E-state index in [0.717, 1.165) is 45.3 Å². The van der Waals surface area contributed by atoms with Crippen molar-refractivity contribution < 1.29 is 9.53 Å². The number of amides is 1. The molecule has 0 aromatic rings. The largest absolute Gasteiger partial charge is 0.377 e. The van der Waals surface area contributed by atoms with E-state index in [-0.39, 0.29) is 23.3 Å². The van der Waals surface area contributed by atoms with Crippen molar-refractivity contribution in [3.05, 3.63) is 12.2 Å². The number of carbonyl (C=O) groups excluding carboxylic acids is 1. The van der Waals surface area contributed by atoms with Crippen LogP contribution in [0.1, 0.15) is 46.0 Å². The highest BCUT2D eigenvalue weighted by Gasteiger charge is 2.70. The molecule has 3 rings (SSSR count). The van der Waals surface area contributed by atoms with Crippen LogP contribution >= 0.6 is 0 Å². The van der Waals surface area contributed by atoms with Gasteiger partial charge in [0.2, 0.25) is 5.91 Å². The standard InChI is InChI=1S/C17H28N2O2/c1-16(2)14-13(9-6-10-21-14)17(16,18)15(20)19-11-12-7-4-3-5-8-12/h3-4,12-14H,5-11,18H2,1-2H3,(H,19,20). The summed E-state index contributed by atoms with van der Waals surface area (Å²) in [5.41, 5.74) is 5.53. The maximum Gasteiger partial charge on any atom is 0.241 e. The summed E-state index contributed by atoms with van der Waals surface area (Å²) in [6.45, 7) is 5.69. The minimum absolute atomic E-state index is 0.0220. The fraction of sp³-hybridized carbons (Fsp3) is 0.824. The Morgan fingerprint density at radius 2 is 2.19 bits per heavy atom. The molecule has 4 atom stereocenters. The molecular weight excluding hydrogens is 264 g/mol. The maximum absolute atomic E-state index is 12.8. The lowest BCUT2D eigenvalue weighted by Gasteiger charge is -2.65. The summed E-state index contributed by atoms with van der Waals surface area (Å²) in [6, 6.07) is 0. The summed E-state index contributed by atoms with van der Waals surface area (Å²) in [6.07, 6.45) is 9.95. The highest BCUT2D eigenvalue weighted by atomic mass is 16.5. The second-order valence-corrected chi connectivity index (χ2v) is 7.49. The molecule has 1 aliphatic heterocycles. The van der Waals surface area contributed by atoms with Crippen LogP contribution in [0.15, 0.2) is 12.2 Å². The van der Waals surface area contributed by atoms with Gasteiger partial charge in [-0.25, -0.2) is 0 Å². The van der Waals surface area contributed by atoms with E-state index >= 15 is 0 Å². The summed E-state index contributed by atoms with van der Waals surface area (Å²) in [5, 5.41) is 3.13. The number of hydrogen-bond donors (Lipinski definition) is 2. The summed E-state index contributed by atoms with van der Waals surface area (Å²) in [4.78, 5) is 12.8. The molecule has 1 amide bonds. The molecule has 4 nitrogen and oxygen atoms in total. The van der Waals surface area contributed by atoms with Crippen molar-refractivity contribution in [2.24, 2.45) is 23.0 Å². The first kappa shape index (κ1) is 15.0. The third-order valence-electron chi connectivity index (χ3n) is 5.99. The predicted molar refractivity (Wildman–Crippen MR) is 82.7 cm³/mol. The number of carbonyl (C=O) groups is 1. The van der Waals surface area contributed by atoms with Gasteiger partial charge in [0, 0.05) is 24.5 Å². The zero-order valence-corrected chi connectivity index (χ0v) is 13.2. The van der Waals surface area contributed by atoms with Crippen LogP contribution < -0.4 is 11.1 Å². The molecule has 21 heavy (non-hydrogen) atoms. The van der Waals surface area contributed by atoms with Gasteiger partial charge < -0.3 is 15.8 Å². The maximum atomic E-state index is 12.8. The lowest BCUT2D eigenvalue weighted by Crippen LogP contribution is -2.82. The molecule has 0 aromatic carbocycles. The van der Waals surface area contributed by atoms with Crippen molar-refractivity contribution >= 4 is 5.91 Å². The van der Waals surface area contributed by atoms with Crippen LogP contribution in [0.5, 0.6) is 0 Å². The SMILES string of the molecule is CC1(C)C2OCCCC2C1(N)C(=O)NCC1CC=CCC1. The van der Waals surface area contributed by atoms with E-state index in [2.05, 4.69) is 31.3 Å². The van der Waals surface area contributed by atoms with Crippen LogP contribution in [0.3, 0.4) is 0 Å². The average Bonchev–Trinajstić information content (AvgIpc) is 2.52. The molecule has 4 unspecified atom stereocenters. The van der Waals surface area contributed by atoms with Gasteiger partial charge in [-0.15, -0.1) is 0 Å². The van der Waals surface area contributed by atoms with Gasteiger partial charge in [0.05, 0.1) is 6.10 Å². The Bertz CT molecular complexity index is 446. The Hall–Kier alpha value is -0.870. The van der Waals surface area contributed by atoms with Gasteiger partial charge in [-0.3, -0.25) is 4.79 Å². The number of hydrogen-bond acceptors (Lipinski definition) is 3. The molecule has 0 bridgehead atoms. The van der Waals surface area contributed by atoms with Crippen LogP contribution in [0.2, 0.25) is 0 Å². The number of allylic oxidation sites excluding steroid dienone is 2. The first-order valence-corrected chi connectivity index (χ1v) is 8.31. The van der Waals surface area contributed by atoms with Gasteiger partial charge in [-0.1, -0.05) is 26.0 Å². The predicted octanol–water partition coefficient (Wildman–Crippen LogP) is 1.99.